The van der Waals surface area contributed by atoms with Gasteiger partial charge in [-0.05, 0) is 24.3 Å². The fraction of sp³-hybridized carbons (Fsp3) is 0.286. The average Bonchev–Trinajstić information content (AvgIpc) is 3.17. The van der Waals surface area contributed by atoms with Crippen molar-refractivity contribution in [1.29, 1.82) is 0 Å². The van der Waals surface area contributed by atoms with Crippen molar-refractivity contribution in [2.75, 3.05) is 4.90 Å². The first-order valence-corrected chi connectivity index (χ1v) is 9.20. The normalized spacial score (nSPS) is 29.2. The second-order valence-corrected chi connectivity index (χ2v) is 7.28. The number of fused-ring (bicyclic) bond motifs is 1. The number of nitrogens with two attached hydrogens (primary N) is 1. The van der Waals surface area contributed by atoms with Crippen LogP contribution in [0.25, 0.3) is 0 Å². The first-order valence-electron chi connectivity index (χ1n) is 9.20. The Bertz CT molecular complexity index is 960. The number of hydrogen-bond donors (Lipinski definition) is 2. The molecule has 7 nitrogen and oxygen atoms in total. The minimum Gasteiger partial charge on any atom is -0.544 e. The molecule has 4 rings (SSSR count). The van der Waals surface area contributed by atoms with Crippen LogP contribution in [0.2, 0.25) is 0 Å². The third-order valence-corrected chi connectivity index (χ3v) is 6.05. The highest BCUT2D eigenvalue weighted by molar-refractivity contribution is 6.23. The van der Waals surface area contributed by atoms with Gasteiger partial charge in [0.2, 0.25) is 11.8 Å². The number of imide groups is 1. The molecule has 2 fully saturated rings. The first kappa shape index (κ1) is 18.2. The number of quaternary nitrogens is 1. The lowest BCUT2D eigenvalue weighted by atomic mass is 9.78. The molecule has 2 amide bonds. The molecule has 0 unspecified atom stereocenters. The van der Waals surface area contributed by atoms with Crippen LogP contribution in [0.4, 0.5) is 5.69 Å². The second-order valence-electron chi connectivity index (χ2n) is 7.28. The zero-order valence-corrected chi connectivity index (χ0v) is 15.2. The number of amides is 2. The van der Waals surface area contributed by atoms with Crippen LogP contribution in [0, 0.1) is 11.8 Å². The summed E-state index contributed by atoms with van der Waals surface area (Å²) in [5.41, 5.74) is -0.732. The summed E-state index contributed by atoms with van der Waals surface area (Å²) < 4.78 is 0. The second kappa shape index (κ2) is 6.45. The topological polar surface area (TPSA) is 114 Å². The van der Waals surface area contributed by atoms with Gasteiger partial charge in [0.1, 0.15) is 35.1 Å². The van der Waals surface area contributed by atoms with Gasteiger partial charge in [-0.3, -0.25) is 9.59 Å². The Morgan fingerprint density at radius 2 is 1.75 bits per heavy atom. The molecule has 0 radical (unpaired) electrons. The standard InChI is InChI=1S/C21H20N2O5/c1-2-21(20(27)28)16-15(17(22-21)13-10-6-7-11-14(13)24)18(25)23(19(16)26)12-8-4-3-5-9-12/h3-11,15-17,22,24H,2H2,1H3,(H,27,28)/t15-,16+,17-,21-/m0/s1. The number of carbonyl (C=O) groups excluding carboxylic acids is 3. The van der Waals surface area contributed by atoms with E-state index in [0.29, 0.717) is 11.3 Å². The maximum Gasteiger partial charge on any atom is 0.244 e. The molecule has 0 aromatic heterocycles. The fourth-order valence-electron chi connectivity index (χ4n) is 4.68. The molecule has 7 heteroatoms. The van der Waals surface area contributed by atoms with E-state index in [1.807, 2.05) is 0 Å². The maximum absolute atomic E-state index is 13.3. The summed E-state index contributed by atoms with van der Waals surface area (Å²) in [5.74, 6) is -4.38. The van der Waals surface area contributed by atoms with Gasteiger partial charge in [-0.2, -0.15) is 0 Å². The van der Waals surface area contributed by atoms with Crippen molar-refractivity contribution in [2.45, 2.75) is 24.9 Å². The summed E-state index contributed by atoms with van der Waals surface area (Å²) in [5, 5.41) is 24.0. The fourth-order valence-corrected chi connectivity index (χ4v) is 4.68. The Hall–Kier alpha value is -3.19. The third-order valence-electron chi connectivity index (χ3n) is 6.05. The lowest BCUT2D eigenvalue weighted by Crippen LogP contribution is -2.99. The van der Waals surface area contributed by atoms with E-state index in [0.717, 1.165) is 4.90 Å². The molecule has 0 saturated carbocycles. The molecule has 4 atom stereocenters. The van der Waals surface area contributed by atoms with Crippen LogP contribution in [0.5, 0.6) is 5.75 Å². The predicted molar refractivity (Wildman–Crippen MR) is 96.7 cm³/mol. The number of rotatable bonds is 4. The Morgan fingerprint density at radius 3 is 2.36 bits per heavy atom. The van der Waals surface area contributed by atoms with Crippen molar-refractivity contribution in [1.82, 2.24) is 0 Å². The quantitative estimate of drug-likeness (QED) is 0.708. The van der Waals surface area contributed by atoms with Crippen molar-refractivity contribution < 1.29 is 29.9 Å². The number of para-hydroxylation sites is 2. The van der Waals surface area contributed by atoms with E-state index < -0.39 is 41.2 Å². The molecule has 2 aliphatic rings. The minimum atomic E-state index is -1.58. The Balaban J connectivity index is 1.88. The van der Waals surface area contributed by atoms with Crippen molar-refractivity contribution in [3.8, 4) is 5.75 Å². The van der Waals surface area contributed by atoms with Crippen molar-refractivity contribution in [3.05, 3.63) is 60.2 Å². The van der Waals surface area contributed by atoms with Crippen molar-refractivity contribution >= 4 is 23.5 Å². The zero-order chi connectivity index (χ0) is 20.1. The van der Waals surface area contributed by atoms with Crippen LogP contribution >= 0.6 is 0 Å². The van der Waals surface area contributed by atoms with Crippen LogP contribution in [-0.4, -0.2) is 28.4 Å². The molecule has 0 aliphatic carbocycles. The summed E-state index contributed by atoms with van der Waals surface area (Å²) in [7, 11) is 0. The van der Waals surface area contributed by atoms with Crippen LogP contribution in [0.1, 0.15) is 24.9 Å². The highest BCUT2D eigenvalue weighted by Gasteiger charge is 2.69. The summed E-state index contributed by atoms with van der Waals surface area (Å²) in [4.78, 5) is 39.8. The monoisotopic (exact) mass is 380 g/mol. The number of carbonyl (C=O) groups is 3. The molecule has 28 heavy (non-hydrogen) atoms. The Morgan fingerprint density at radius 1 is 1.11 bits per heavy atom. The summed E-state index contributed by atoms with van der Waals surface area (Å²) >= 11 is 0. The number of carboxylic acid groups (broad SMARTS) is 1. The number of nitrogens with zero attached hydrogens (tertiary/aromatic N) is 1. The van der Waals surface area contributed by atoms with Gasteiger partial charge in [-0.15, -0.1) is 0 Å². The summed E-state index contributed by atoms with van der Waals surface area (Å²) in [6, 6.07) is 14.3. The number of phenolic OH excluding ortho intramolecular Hbond substituents is 1. The van der Waals surface area contributed by atoms with Crippen molar-refractivity contribution in [3.63, 3.8) is 0 Å². The molecule has 2 saturated heterocycles. The first-order chi connectivity index (χ1) is 13.4. The van der Waals surface area contributed by atoms with Gasteiger partial charge < -0.3 is 20.3 Å². The van der Waals surface area contributed by atoms with Gasteiger partial charge in [0.05, 0.1) is 11.3 Å². The smallest absolute Gasteiger partial charge is 0.244 e. The highest BCUT2D eigenvalue weighted by Crippen LogP contribution is 2.47. The number of carboxylic acids is 1. The third kappa shape index (κ3) is 2.36. The number of anilines is 1. The van der Waals surface area contributed by atoms with Crippen LogP contribution < -0.4 is 15.3 Å². The lowest BCUT2D eigenvalue weighted by molar-refractivity contribution is -0.739. The van der Waals surface area contributed by atoms with E-state index in [9.17, 15) is 24.6 Å². The number of hydrogen-bond acceptors (Lipinski definition) is 5. The largest absolute Gasteiger partial charge is 0.544 e. The molecule has 0 spiro atoms. The van der Waals surface area contributed by atoms with E-state index in [1.165, 1.54) is 11.4 Å². The Kier molecular flexibility index (Phi) is 4.19. The van der Waals surface area contributed by atoms with Gasteiger partial charge in [-0.25, -0.2) is 4.90 Å². The molecule has 144 valence electrons. The van der Waals surface area contributed by atoms with E-state index in [4.69, 9.17) is 0 Å². The van der Waals surface area contributed by atoms with Gasteiger partial charge in [-0.1, -0.05) is 37.3 Å². The van der Waals surface area contributed by atoms with E-state index in [1.54, 1.807) is 55.5 Å². The van der Waals surface area contributed by atoms with Crippen LogP contribution in [0.15, 0.2) is 54.6 Å². The molecule has 3 N–H and O–H groups in total. The van der Waals surface area contributed by atoms with Crippen LogP contribution in [-0.2, 0) is 14.4 Å². The average molecular weight is 380 g/mol. The predicted octanol–water partition coefficient (Wildman–Crippen LogP) is -0.285. The number of aliphatic carboxylic acids is 1. The Labute approximate surface area is 161 Å². The highest BCUT2D eigenvalue weighted by atomic mass is 16.4. The summed E-state index contributed by atoms with van der Waals surface area (Å²) in [6.07, 6.45) is 0.113. The van der Waals surface area contributed by atoms with E-state index in [2.05, 4.69) is 0 Å². The van der Waals surface area contributed by atoms with E-state index >= 15 is 0 Å². The number of aromatic hydroxyl groups is 1. The molecule has 2 aromatic carbocycles. The number of phenols is 1. The molecule has 2 aliphatic heterocycles. The lowest BCUT2D eigenvalue weighted by Gasteiger charge is -2.31. The molecule has 2 aromatic rings. The molecular weight excluding hydrogens is 360 g/mol. The van der Waals surface area contributed by atoms with Gasteiger partial charge in [0, 0.05) is 6.42 Å². The zero-order valence-electron chi connectivity index (χ0n) is 15.2. The van der Waals surface area contributed by atoms with Crippen LogP contribution in [0.3, 0.4) is 0 Å². The molecule has 0 bridgehead atoms. The number of benzene rings is 2. The van der Waals surface area contributed by atoms with Gasteiger partial charge in [0.25, 0.3) is 0 Å². The van der Waals surface area contributed by atoms with E-state index in [-0.39, 0.29) is 12.2 Å². The SMILES string of the molecule is CC[C@]1(C(=O)[O-])[NH2+][C@@H](c2ccccc2O)[C@H]2C(=O)N(c3ccccc3)C(=O)[C@@H]21. The summed E-state index contributed by atoms with van der Waals surface area (Å²) in [6.45, 7) is 1.67. The van der Waals surface area contributed by atoms with Gasteiger partial charge in [0.15, 0.2) is 0 Å². The molecule has 2 heterocycles. The maximum atomic E-state index is 13.3. The minimum absolute atomic E-state index is 0.0360. The molecular formula is C21H20N2O5. The van der Waals surface area contributed by atoms with Gasteiger partial charge >= 0.3 is 0 Å². The van der Waals surface area contributed by atoms with Crippen molar-refractivity contribution in [2.24, 2.45) is 11.8 Å².